The number of nitrogens with zero attached hydrogens (tertiary/aromatic N) is 3. The summed E-state index contributed by atoms with van der Waals surface area (Å²) in [5.41, 5.74) is 0. The van der Waals surface area contributed by atoms with Crippen LogP contribution in [-0.4, -0.2) is 48.1 Å². The lowest BCUT2D eigenvalue weighted by atomic mass is 10.1. The first-order valence-electron chi connectivity index (χ1n) is 6.44. The number of aromatic nitrogens is 2. The second-order valence-electron chi connectivity index (χ2n) is 4.97. The molecule has 1 aliphatic rings. The standard InChI is InChI=1S/C12H16N4O2S2/c1-20(17,18)16-5-2-3-9(7-16)15-11-10-4-6-19-12(10)14-8-13-11/h4,6,8-9H,2-3,5,7H2,1H3,(H,13,14,15). The van der Waals surface area contributed by atoms with Crippen LogP contribution in [0.1, 0.15) is 12.8 Å². The molecule has 0 aliphatic carbocycles. The highest BCUT2D eigenvalue weighted by Crippen LogP contribution is 2.25. The van der Waals surface area contributed by atoms with E-state index in [0.29, 0.717) is 13.1 Å². The summed E-state index contributed by atoms with van der Waals surface area (Å²) < 4.78 is 24.8. The van der Waals surface area contributed by atoms with Crippen LogP contribution in [0.2, 0.25) is 0 Å². The van der Waals surface area contributed by atoms with E-state index in [1.807, 2.05) is 11.4 Å². The Labute approximate surface area is 121 Å². The predicted molar refractivity (Wildman–Crippen MR) is 80.5 cm³/mol. The van der Waals surface area contributed by atoms with Crippen LogP contribution in [-0.2, 0) is 10.0 Å². The Morgan fingerprint density at radius 1 is 1.45 bits per heavy atom. The Balaban J connectivity index is 1.79. The number of nitrogens with one attached hydrogen (secondary N) is 1. The monoisotopic (exact) mass is 312 g/mol. The molecular formula is C12H16N4O2S2. The molecule has 108 valence electrons. The van der Waals surface area contributed by atoms with E-state index in [1.54, 1.807) is 17.7 Å². The minimum Gasteiger partial charge on any atom is -0.365 e. The van der Waals surface area contributed by atoms with Gasteiger partial charge in [0.05, 0.1) is 11.6 Å². The van der Waals surface area contributed by atoms with Gasteiger partial charge in [0.1, 0.15) is 17.0 Å². The van der Waals surface area contributed by atoms with Crippen LogP contribution in [0, 0.1) is 0 Å². The smallest absolute Gasteiger partial charge is 0.211 e. The van der Waals surface area contributed by atoms with Crippen molar-refractivity contribution in [3.05, 3.63) is 17.8 Å². The van der Waals surface area contributed by atoms with E-state index in [1.165, 1.54) is 10.6 Å². The quantitative estimate of drug-likeness (QED) is 0.930. The van der Waals surface area contributed by atoms with Crippen LogP contribution in [0.4, 0.5) is 5.82 Å². The summed E-state index contributed by atoms with van der Waals surface area (Å²) in [6.07, 6.45) is 4.61. The number of sulfonamides is 1. The van der Waals surface area contributed by atoms with E-state index in [-0.39, 0.29) is 6.04 Å². The van der Waals surface area contributed by atoms with E-state index >= 15 is 0 Å². The minimum absolute atomic E-state index is 0.0940. The number of piperidine rings is 1. The molecule has 0 amide bonds. The van der Waals surface area contributed by atoms with Crippen molar-refractivity contribution in [3.63, 3.8) is 0 Å². The van der Waals surface area contributed by atoms with Crippen LogP contribution < -0.4 is 5.32 Å². The third-order valence-corrected chi connectivity index (χ3v) is 5.55. The van der Waals surface area contributed by atoms with Gasteiger partial charge in [0.2, 0.25) is 10.0 Å². The first-order valence-corrected chi connectivity index (χ1v) is 9.17. The maximum absolute atomic E-state index is 11.6. The molecule has 3 heterocycles. The zero-order valence-corrected chi connectivity index (χ0v) is 12.7. The molecule has 3 rings (SSSR count). The highest BCUT2D eigenvalue weighted by atomic mass is 32.2. The van der Waals surface area contributed by atoms with Gasteiger partial charge in [0, 0.05) is 19.1 Å². The fraction of sp³-hybridized carbons (Fsp3) is 0.500. The van der Waals surface area contributed by atoms with Gasteiger partial charge in [0.25, 0.3) is 0 Å². The van der Waals surface area contributed by atoms with Gasteiger partial charge in [0.15, 0.2) is 0 Å². The Bertz CT molecular complexity index is 713. The van der Waals surface area contributed by atoms with Crippen molar-refractivity contribution in [2.45, 2.75) is 18.9 Å². The van der Waals surface area contributed by atoms with Crippen molar-refractivity contribution >= 4 is 37.4 Å². The molecule has 2 aromatic rings. The van der Waals surface area contributed by atoms with Gasteiger partial charge in [-0.2, -0.15) is 0 Å². The van der Waals surface area contributed by atoms with Gasteiger partial charge < -0.3 is 5.32 Å². The SMILES string of the molecule is CS(=O)(=O)N1CCCC(Nc2ncnc3sccc23)C1. The van der Waals surface area contributed by atoms with E-state index in [9.17, 15) is 8.42 Å². The van der Waals surface area contributed by atoms with Crippen molar-refractivity contribution in [3.8, 4) is 0 Å². The first-order chi connectivity index (χ1) is 9.54. The molecule has 0 aromatic carbocycles. The highest BCUT2D eigenvalue weighted by Gasteiger charge is 2.26. The lowest BCUT2D eigenvalue weighted by molar-refractivity contribution is 0.329. The zero-order valence-electron chi connectivity index (χ0n) is 11.1. The molecule has 8 heteroatoms. The van der Waals surface area contributed by atoms with Crippen LogP contribution in [0.25, 0.3) is 10.2 Å². The van der Waals surface area contributed by atoms with Gasteiger partial charge >= 0.3 is 0 Å². The number of rotatable bonds is 3. The largest absolute Gasteiger partial charge is 0.365 e. The van der Waals surface area contributed by atoms with E-state index < -0.39 is 10.0 Å². The highest BCUT2D eigenvalue weighted by molar-refractivity contribution is 7.88. The Morgan fingerprint density at radius 3 is 3.10 bits per heavy atom. The number of fused-ring (bicyclic) bond motifs is 1. The predicted octanol–water partition coefficient (Wildman–Crippen LogP) is 1.53. The summed E-state index contributed by atoms with van der Waals surface area (Å²) in [5.74, 6) is 0.789. The molecule has 6 nitrogen and oxygen atoms in total. The maximum Gasteiger partial charge on any atom is 0.211 e. The van der Waals surface area contributed by atoms with Crippen molar-refractivity contribution < 1.29 is 8.42 Å². The van der Waals surface area contributed by atoms with Gasteiger partial charge in [-0.15, -0.1) is 11.3 Å². The van der Waals surface area contributed by atoms with Crippen molar-refractivity contribution in [1.82, 2.24) is 14.3 Å². The number of anilines is 1. The summed E-state index contributed by atoms with van der Waals surface area (Å²) in [5, 5.41) is 6.34. The topological polar surface area (TPSA) is 75.2 Å². The van der Waals surface area contributed by atoms with Crippen molar-refractivity contribution in [1.29, 1.82) is 0 Å². The molecule has 0 radical (unpaired) electrons. The second kappa shape index (κ2) is 5.27. The van der Waals surface area contributed by atoms with Crippen molar-refractivity contribution in [2.75, 3.05) is 24.7 Å². The van der Waals surface area contributed by atoms with Gasteiger partial charge in [-0.25, -0.2) is 22.7 Å². The third kappa shape index (κ3) is 2.77. The van der Waals surface area contributed by atoms with E-state index in [0.717, 1.165) is 28.9 Å². The molecule has 0 bridgehead atoms. The van der Waals surface area contributed by atoms with Gasteiger partial charge in [-0.1, -0.05) is 0 Å². The Morgan fingerprint density at radius 2 is 2.30 bits per heavy atom. The van der Waals surface area contributed by atoms with E-state index in [2.05, 4.69) is 15.3 Å². The molecule has 1 N–H and O–H groups in total. The molecule has 1 saturated heterocycles. The number of thiophene rings is 1. The van der Waals surface area contributed by atoms with Crippen LogP contribution in [0.3, 0.4) is 0 Å². The van der Waals surface area contributed by atoms with Crippen molar-refractivity contribution in [2.24, 2.45) is 0 Å². The van der Waals surface area contributed by atoms with Crippen LogP contribution >= 0.6 is 11.3 Å². The lowest BCUT2D eigenvalue weighted by Crippen LogP contribution is -2.44. The maximum atomic E-state index is 11.6. The normalized spacial score (nSPS) is 21.1. The molecular weight excluding hydrogens is 296 g/mol. The van der Waals surface area contributed by atoms with Gasteiger partial charge in [-0.3, -0.25) is 0 Å². The Hall–Kier alpha value is -1.25. The molecule has 1 atom stereocenters. The molecule has 1 unspecified atom stereocenters. The lowest BCUT2D eigenvalue weighted by Gasteiger charge is -2.31. The fourth-order valence-electron chi connectivity index (χ4n) is 2.46. The summed E-state index contributed by atoms with van der Waals surface area (Å²) in [6.45, 7) is 1.10. The number of hydrogen-bond donors (Lipinski definition) is 1. The molecule has 20 heavy (non-hydrogen) atoms. The fourth-order valence-corrected chi connectivity index (χ4v) is 4.10. The summed E-state index contributed by atoms with van der Waals surface area (Å²) in [7, 11) is -3.12. The molecule has 2 aromatic heterocycles. The number of hydrogen-bond acceptors (Lipinski definition) is 6. The van der Waals surface area contributed by atoms with E-state index in [4.69, 9.17) is 0 Å². The molecule has 0 spiro atoms. The summed E-state index contributed by atoms with van der Waals surface area (Å²) in [6, 6.07) is 2.08. The molecule has 1 fully saturated rings. The average Bonchev–Trinajstić information content (AvgIpc) is 2.87. The minimum atomic E-state index is -3.12. The summed E-state index contributed by atoms with van der Waals surface area (Å²) >= 11 is 1.57. The zero-order chi connectivity index (χ0) is 14.2. The van der Waals surface area contributed by atoms with Crippen LogP contribution in [0.5, 0.6) is 0 Å². The molecule has 0 saturated carbocycles. The Kier molecular flexibility index (Phi) is 3.61. The first kappa shape index (κ1) is 13.7. The average molecular weight is 312 g/mol. The second-order valence-corrected chi connectivity index (χ2v) is 7.84. The van der Waals surface area contributed by atoms with Crippen LogP contribution in [0.15, 0.2) is 17.8 Å². The third-order valence-electron chi connectivity index (χ3n) is 3.46. The van der Waals surface area contributed by atoms with Gasteiger partial charge in [-0.05, 0) is 24.3 Å². The molecule has 1 aliphatic heterocycles. The summed E-state index contributed by atoms with van der Waals surface area (Å²) in [4.78, 5) is 9.43.